The van der Waals surface area contributed by atoms with Crippen LogP contribution in [0.15, 0.2) is 0 Å². The first-order chi connectivity index (χ1) is 5.22. The second kappa shape index (κ2) is 4.18. The van der Waals surface area contributed by atoms with E-state index in [-0.39, 0.29) is 10.6 Å². The Morgan fingerprint density at radius 1 is 1.09 bits per heavy atom. The van der Waals surface area contributed by atoms with E-state index in [2.05, 4.69) is 30.9 Å². The van der Waals surface area contributed by atoms with Crippen molar-refractivity contribution in [1.29, 1.82) is 0 Å². The van der Waals surface area contributed by atoms with Gasteiger partial charge in [-0.2, -0.15) is 4.98 Å². The van der Waals surface area contributed by atoms with E-state index >= 15 is 0 Å². The maximum absolute atomic E-state index is 5.52. The lowest BCUT2D eigenvalue weighted by Crippen LogP contribution is -1.98. The van der Waals surface area contributed by atoms with Crippen LogP contribution in [0.25, 0.3) is 0 Å². The summed E-state index contributed by atoms with van der Waals surface area (Å²) in [7, 11) is 0. The van der Waals surface area contributed by atoms with E-state index < -0.39 is 0 Å². The second-order valence-electron chi connectivity index (χ2n) is 1.73. The number of aromatic nitrogens is 3. The van der Waals surface area contributed by atoms with Gasteiger partial charge in [-0.05, 0) is 23.2 Å². The minimum Gasteiger partial charge on any atom is -0.203 e. The van der Waals surface area contributed by atoms with Crippen molar-refractivity contribution in [3.8, 4) is 0 Å². The van der Waals surface area contributed by atoms with Crippen molar-refractivity contribution in [1.82, 2.24) is 15.0 Å². The smallest absolute Gasteiger partial charge is 0.203 e. The van der Waals surface area contributed by atoms with Crippen LogP contribution in [-0.4, -0.2) is 20.3 Å². The molecule has 0 bridgehead atoms. The lowest BCUT2D eigenvalue weighted by molar-refractivity contribution is 0.907. The SMILES string of the molecule is Clc1nc(Cl)nc(CCBr)n1. The normalized spacial score (nSPS) is 10.1. The lowest BCUT2D eigenvalue weighted by atomic mass is 10.5. The summed E-state index contributed by atoms with van der Waals surface area (Å²) in [6.07, 6.45) is 0.696. The first-order valence-electron chi connectivity index (χ1n) is 2.84. The number of alkyl halides is 1. The van der Waals surface area contributed by atoms with E-state index in [0.717, 1.165) is 5.33 Å². The maximum atomic E-state index is 5.52. The Morgan fingerprint density at radius 3 is 2.09 bits per heavy atom. The molecular formula is C5H4BrCl2N3. The summed E-state index contributed by atoms with van der Waals surface area (Å²) < 4.78 is 0. The van der Waals surface area contributed by atoms with Crippen molar-refractivity contribution >= 4 is 39.1 Å². The predicted octanol–water partition coefficient (Wildman–Crippen LogP) is 2.12. The van der Waals surface area contributed by atoms with Crippen LogP contribution in [-0.2, 0) is 6.42 Å². The molecule has 1 aromatic rings. The zero-order valence-electron chi connectivity index (χ0n) is 5.39. The van der Waals surface area contributed by atoms with Crippen molar-refractivity contribution in [2.45, 2.75) is 6.42 Å². The van der Waals surface area contributed by atoms with E-state index in [0.29, 0.717) is 12.2 Å². The van der Waals surface area contributed by atoms with Gasteiger partial charge < -0.3 is 0 Å². The van der Waals surface area contributed by atoms with Crippen molar-refractivity contribution in [3.05, 3.63) is 16.4 Å². The van der Waals surface area contributed by atoms with E-state index in [9.17, 15) is 0 Å². The van der Waals surface area contributed by atoms with Gasteiger partial charge in [-0.1, -0.05) is 15.9 Å². The molecule has 0 fully saturated rings. The van der Waals surface area contributed by atoms with Gasteiger partial charge >= 0.3 is 0 Å². The molecule has 6 heteroatoms. The van der Waals surface area contributed by atoms with Gasteiger partial charge in [0.1, 0.15) is 5.82 Å². The molecule has 0 unspecified atom stereocenters. The Balaban J connectivity index is 2.89. The van der Waals surface area contributed by atoms with Gasteiger partial charge in [0, 0.05) is 11.8 Å². The molecule has 0 spiro atoms. The molecule has 0 radical (unpaired) electrons. The predicted molar refractivity (Wildman–Crippen MR) is 47.3 cm³/mol. The molecule has 0 atom stereocenters. The molecule has 0 amide bonds. The lowest BCUT2D eigenvalue weighted by Gasteiger charge is -1.96. The molecule has 0 N–H and O–H groups in total. The molecule has 3 nitrogen and oxygen atoms in total. The first-order valence-corrected chi connectivity index (χ1v) is 4.72. The van der Waals surface area contributed by atoms with Gasteiger partial charge in [0.15, 0.2) is 0 Å². The molecule has 11 heavy (non-hydrogen) atoms. The molecule has 1 heterocycles. The highest BCUT2D eigenvalue weighted by Crippen LogP contribution is 2.06. The molecule has 0 saturated heterocycles. The van der Waals surface area contributed by atoms with Crippen LogP contribution in [0.2, 0.25) is 10.6 Å². The Labute approximate surface area is 82.3 Å². The summed E-state index contributed by atoms with van der Waals surface area (Å²) in [6, 6.07) is 0. The van der Waals surface area contributed by atoms with Crippen LogP contribution in [0.3, 0.4) is 0 Å². The fourth-order valence-electron chi connectivity index (χ4n) is 0.560. The maximum Gasteiger partial charge on any atom is 0.226 e. The van der Waals surface area contributed by atoms with Crippen LogP contribution < -0.4 is 0 Å². The monoisotopic (exact) mass is 255 g/mol. The van der Waals surface area contributed by atoms with Crippen molar-refractivity contribution < 1.29 is 0 Å². The van der Waals surface area contributed by atoms with Crippen molar-refractivity contribution in [2.24, 2.45) is 0 Å². The molecule has 0 saturated carbocycles. The number of halogens is 3. The van der Waals surface area contributed by atoms with Crippen LogP contribution >= 0.6 is 39.1 Å². The van der Waals surface area contributed by atoms with Crippen molar-refractivity contribution in [2.75, 3.05) is 5.33 Å². The third kappa shape index (κ3) is 2.89. The largest absolute Gasteiger partial charge is 0.226 e. The Bertz CT molecular complexity index is 235. The van der Waals surface area contributed by atoms with Gasteiger partial charge in [-0.25, -0.2) is 9.97 Å². The summed E-state index contributed by atoms with van der Waals surface area (Å²) in [5.74, 6) is 0.604. The minimum atomic E-state index is 0.140. The molecule has 60 valence electrons. The summed E-state index contributed by atoms with van der Waals surface area (Å²) >= 11 is 14.3. The second-order valence-corrected chi connectivity index (χ2v) is 3.20. The molecule has 0 aliphatic carbocycles. The third-order valence-corrected chi connectivity index (χ3v) is 1.68. The van der Waals surface area contributed by atoms with E-state index in [4.69, 9.17) is 23.2 Å². The van der Waals surface area contributed by atoms with E-state index in [1.165, 1.54) is 0 Å². The average Bonchev–Trinajstić information content (AvgIpc) is 1.85. The van der Waals surface area contributed by atoms with Crippen LogP contribution in [0.5, 0.6) is 0 Å². The van der Waals surface area contributed by atoms with Gasteiger partial charge in [0.25, 0.3) is 0 Å². The Kier molecular flexibility index (Phi) is 3.48. The number of nitrogens with zero attached hydrogens (tertiary/aromatic N) is 3. The third-order valence-electron chi connectivity index (χ3n) is 0.945. The molecule has 0 aromatic carbocycles. The molecular weight excluding hydrogens is 253 g/mol. The topological polar surface area (TPSA) is 38.7 Å². The number of hydrogen-bond donors (Lipinski definition) is 0. The van der Waals surface area contributed by atoms with Crippen LogP contribution in [0.4, 0.5) is 0 Å². The summed E-state index contributed by atoms with van der Waals surface area (Å²) in [4.78, 5) is 11.3. The summed E-state index contributed by atoms with van der Waals surface area (Å²) in [5, 5.41) is 1.06. The van der Waals surface area contributed by atoms with Crippen LogP contribution in [0, 0.1) is 0 Å². The number of rotatable bonds is 2. The van der Waals surface area contributed by atoms with E-state index in [1.807, 2.05) is 0 Å². The molecule has 0 aliphatic rings. The molecule has 1 rings (SSSR count). The first kappa shape index (κ1) is 9.16. The number of hydrogen-bond acceptors (Lipinski definition) is 3. The van der Waals surface area contributed by atoms with Gasteiger partial charge in [0.05, 0.1) is 0 Å². The average molecular weight is 257 g/mol. The fourth-order valence-corrected chi connectivity index (χ4v) is 1.31. The van der Waals surface area contributed by atoms with Crippen LogP contribution in [0.1, 0.15) is 5.82 Å². The summed E-state index contributed by atoms with van der Waals surface area (Å²) in [5.41, 5.74) is 0. The fraction of sp³-hybridized carbons (Fsp3) is 0.400. The highest BCUT2D eigenvalue weighted by Gasteiger charge is 2.00. The van der Waals surface area contributed by atoms with E-state index in [1.54, 1.807) is 0 Å². The number of aryl methyl sites for hydroxylation is 1. The molecule has 1 aromatic heterocycles. The minimum absolute atomic E-state index is 0.140. The Hall–Kier alpha value is 0.0700. The Morgan fingerprint density at radius 2 is 1.64 bits per heavy atom. The molecule has 0 aliphatic heterocycles. The van der Waals surface area contributed by atoms with Gasteiger partial charge in [0.2, 0.25) is 10.6 Å². The highest BCUT2D eigenvalue weighted by molar-refractivity contribution is 9.09. The van der Waals surface area contributed by atoms with Gasteiger partial charge in [-0.15, -0.1) is 0 Å². The standard InChI is InChI=1S/C5H4BrCl2N3/c6-2-1-3-9-4(7)11-5(8)10-3/h1-2H2. The van der Waals surface area contributed by atoms with Gasteiger partial charge in [-0.3, -0.25) is 0 Å². The summed E-state index contributed by atoms with van der Waals surface area (Å²) in [6.45, 7) is 0. The quantitative estimate of drug-likeness (QED) is 0.761. The zero-order valence-corrected chi connectivity index (χ0v) is 8.49. The van der Waals surface area contributed by atoms with Crippen molar-refractivity contribution in [3.63, 3.8) is 0 Å². The highest BCUT2D eigenvalue weighted by atomic mass is 79.9. The zero-order chi connectivity index (χ0) is 8.27.